The van der Waals surface area contributed by atoms with Gasteiger partial charge in [-0.3, -0.25) is 4.79 Å². The van der Waals surface area contributed by atoms with Crippen LogP contribution in [0.5, 0.6) is 0 Å². The summed E-state index contributed by atoms with van der Waals surface area (Å²) in [7, 11) is 0. The molecule has 13 heavy (non-hydrogen) atoms. The van der Waals surface area contributed by atoms with Crippen molar-refractivity contribution in [1.82, 2.24) is 0 Å². The minimum Gasteiger partial charge on any atom is -0.390 e. The van der Waals surface area contributed by atoms with Crippen LogP contribution in [-0.2, 0) is 9.59 Å². The lowest BCUT2D eigenvalue weighted by atomic mass is 10.0. The molecule has 4 heteroatoms. The maximum absolute atomic E-state index is 10.6. The minimum absolute atomic E-state index is 0.0458. The predicted molar refractivity (Wildman–Crippen MR) is 47.2 cm³/mol. The summed E-state index contributed by atoms with van der Waals surface area (Å²) in [4.78, 5) is 21.1. The molecule has 0 amide bonds. The Kier molecular flexibility index (Phi) is 5.50. The van der Waals surface area contributed by atoms with Gasteiger partial charge in [-0.1, -0.05) is 0 Å². The molecule has 76 valence electrons. The molecule has 0 saturated carbocycles. The second-order valence-corrected chi connectivity index (χ2v) is 3.22. The lowest BCUT2D eigenvalue weighted by Gasteiger charge is -2.14. The van der Waals surface area contributed by atoms with E-state index in [1.165, 1.54) is 13.8 Å². The lowest BCUT2D eigenvalue weighted by molar-refractivity contribution is -0.130. The molecule has 0 aromatic carbocycles. The van der Waals surface area contributed by atoms with Crippen LogP contribution in [0.25, 0.3) is 0 Å². The van der Waals surface area contributed by atoms with Crippen molar-refractivity contribution in [3.8, 4) is 0 Å². The first-order valence-electron chi connectivity index (χ1n) is 4.31. The van der Waals surface area contributed by atoms with Crippen LogP contribution in [0.4, 0.5) is 0 Å². The van der Waals surface area contributed by atoms with E-state index >= 15 is 0 Å². The summed E-state index contributed by atoms with van der Waals surface area (Å²) in [6, 6.07) is 0. The summed E-state index contributed by atoms with van der Waals surface area (Å²) in [5.74, 6) is -0.403. The third kappa shape index (κ3) is 5.49. The van der Waals surface area contributed by atoms with Gasteiger partial charge >= 0.3 is 0 Å². The minimum atomic E-state index is -1.31. The average Bonchev–Trinajstić information content (AvgIpc) is 2.02. The van der Waals surface area contributed by atoms with Crippen molar-refractivity contribution in [2.24, 2.45) is 0 Å². The van der Waals surface area contributed by atoms with Crippen LogP contribution in [0.15, 0.2) is 0 Å². The second-order valence-electron chi connectivity index (χ2n) is 3.22. The summed E-state index contributed by atoms with van der Waals surface area (Å²) in [6.07, 6.45) is -1.20. The number of hydrogen-bond donors (Lipinski definition) is 2. The summed E-state index contributed by atoms with van der Waals surface area (Å²) in [5.41, 5.74) is 0. The monoisotopic (exact) mass is 188 g/mol. The molecule has 0 aromatic heterocycles. The molecule has 0 aliphatic rings. The number of aliphatic hydroxyl groups excluding tert-OH is 2. The molecule has 0 spiro atoms. The van der Waals surface area contributed by atoms with Gasteiger partial charge in [0.1, 0.15) is 11.9 Å². The summed E-state index contributed by atoms with van der Waals surface area (Å²) < 4.78 is 0. The van der Waals surface area contributed by atoms with Crippen molar-refractivity contribution < 1.29 is 19.8 Å². The smallest absolute Gasteiger partial charge is 0.160 e. The molecule has 0 heterocycles. The van der Waals surface area contributed by atoms with Crippen molar-refractivity contribution in [1.29, 1.82) is 0 Å². The molecule has 0 rings (SSSR count). The highest BCUT2D eigenvalue weighted by Gasteiger charge is 2.19. The quantitative estimate of drug-likeness (QED) is 0.618. The molecule has 0 bridgehead atoms. The predicted octanol–water partition coefficient (Wildman–Crippen LogP) is 0.0565. The number of carbonyl (C=O) groups is 2. The Morgan fingerprint density at radius 1 is 1.23 bits per heavy atom. The van der Waals surface area contributed by atoms with Crippen molar-refractivity contribution in [2.75, 3.05) is 0 Å². The number of hydrogen-bond acceptors (Lipinski definition) is 4. The summed E-state index contributed by atoms with van der Waals surface area (Å²) in [6.45, 7) is 2.69. The van der Waals surface area contributed by atoms with Crippen molar-refractivity contribution in [3.63, 3.8) is 0 Å². The number of aliphatic hydroxyl groups is 2. The highest BCUT2D eigenvalue weighted by Crippen LogP contribution is 2.06. The van der Waals surface area contributed by atoms with E-state index < -0.39 is 18.0 Å². The van der Waals surface area contributed by atoms with Gasteiger partial charge in [-0.05, 0) is 26.7 Å². The Morgan fingerprint density at radius 3 is 2.15 bits per heavy atom. The molecule has 0 fully saturated rings. The van der Waals surface area contributed by atoms with E-state index in [0.29, 0.717) is 12.8 Å². The SMILES string of the molecule is CC(=O)CCC[C@@H](O)[C@H](O)C(C)=O. The third-order valence-electron chi connectivity index (χ3n) is 1.81. The Hall–Kier alpha value is -0.740. The number of Topliss-reactive ketones (excluding diaryl/α,β-unsaturated/α-hetero) is 2. The first-order chi connectivity index (χ1) is 5.95. The molecular formula is C9H16O4. The van der Waals surface area contributed by atoms with Gasteiger partial charge in [0.15, 0.2) is 5.78 Å². The number of rotatable bonds is 6. The van der Waals surface area contributed by atoms with Crippen molar-refractivity contribution >= 4 is 11.6 Å². The van der Waals surface area contributed by atoms with Crippen LogP contribution in [0.1, 0.15) is 33.1 Å². The van der Waals surface area contributed by atoms with Gasteiger partial charge in [-0.25, -0.2) is 0 Å². The third-order valence-corrected chi connectivity index (χ3v) is 1.81. The fourth-order valence-electron chi connectivity index (χ4n) is 0.989. The van der Waals surface area contributed by atoms with E-state index in [-0.39, 0.29) is 12.2 Å². The number of ketones is 2. The van der Waals surface area contributed by atoms with Crippen LogP contribution in [0, 0.1) is 0 Å². The lowest BCUT2D eigenvalue weighted by Crippen LogP contribution is -2.32. The Morgan fingerprint density at radius 2 is 1.77 bits per heavy atom. The molecule has 0 saturated heterocycles. The zero-order chi connectivity index (χ0) is 10.4. The number of carbonyl (C=O) groups excluding carboxylic acids is 2. The van der Waals surface area contributed by atoms with Gasteiger partial charge in [0.2, 0.25) is 0 Å². The maximum Gasteiger partial charge on any atom is 0.160 e. The van der Waals surface area contributed by atoms with E-state index in [2.05, 4.69) is 0 Å². The van der Waals surface area contributed by atoms with Crippen LogP contribution in [0.2, 0.25) is 0 Å². The van der Waals surface area contributed by atoms with E-state index in [4.69, 9.17) is 5.11 Å². The van der Waals surface area contributed by atoms with E-state index in [1.807, 2.05) is 0 Å². The van der Waals surface area contributed by atoms with E-state index in [9.17, 15) is 14.7 Å². The normalized spacial score (nSPS) is 15.1. The fourth-order valence-corrected chi connectivity index (χ4v) is 0.989. The average molecular weight is 188 g/mol. The highest BCUT2D eigenvalue weighted by atomic mass is 16.3. The van der Waals surface area contributed by atoms with Crippen LogP contribution < -0.4 is 0 Å². The molecule has 0 aliphatic heterocycles. The summed E-state index contributed by atoms with van der Waals surface area (Å²) >= 11 is 0. The molecule has 0 radical (unpaired) electrons. The molecule has 2 N–H and O–H groups in total. The second kappa shape index (κ2) is 5.83. The van der Waals surface area contributed by atoms with Gasteiger partial charge in [0.25, 0.3) is 0 Å². The fraction of sp³-hybridized carbons (Fsp3) is 0.778. The van der Waals surface area contributed by atoms with Gasteiger partial charge in [0, 0.05) is 6.42 Å². The van der Waals surface area contributed by atoms with E-state index in [1.54, 1.807) is 0 Å². The first-order valence-corrected chi connectivity index (χ1v) is 4.31. The van der Waals surface area contributed by atoms with Crippen molar-refractivity contribution in [2.45, 2.75) is 45.3 Å². The van der Waals surface area contributed by atoms with Crippen molar-refractivity contribution in [3.05, 3.63) is 0 Å². The van der Waals surface area contributed by atoms with Gasteiger partial charge in [-0.15, -0.1) is 0 Å². The molecule has 0 aliphatic carbocycles. The molecule has 0 aromatic rings. The Balaban J connectivity index is 3.67. The topological polar surface area (TPSA) is 74.6 Å². The molecular weight excluding hydrogens is 172 g/mol. The highest BCUT2D eigenvalue weighted by molar-refractivity contribution is 5.80. The molecule has 4 nitrogen and oxygen atoms in total. The van der Waals surface area contributed by atoms with Gasteiger partial charge < -0.3 is 15.0 Å². The van der Waals surface area contributed by atoms with Gasteiger partial charge in [0.05, 0.1) is 6.10 Å². The van der Waals surface area contributed by atoms with Crippen LogP contribution >= 0.6 is 0 Å². The Labute approximate surface area is 77.6 Å². The van der Waals surface area contributed by atoms with Crippen LogP contribution in [0.3, 0.4) is 0 Å². The van der Waals surface area contributed by atoms with E-state index in [0.717, 1.165) is 0 Å². The largest absolute Gasteiger partial charge is 0.390 e. The standard InChI is InChI=1S/C9H16O4/c1-6(10)4-3-5-8(12)9(13)7(2)11/h8-9,12-13H,3-5H2,1-2H3/t8-,9-/m1/s1. The molecule has 0 unspecified atom stereocenters. The molecule has 2 atom stereocenters. The zero-order valence-corrected chi connectivity index (χ0v) is 7.99. The maximum atomic E-state index is 10.6. The summed E-state index contributed by atoms with van der Waals surface area (Å²) in [5, 5.41) is 18.3. The Bertz CT molecular complexity index is 188. The zero-order valence-electron chi connectivity index (χ0n) is 7.99. The van der Waals surface area contributed by atoms with Crippen LogP contribution in [-0.4, -0.2) is 34.0 Å². The van der Waals surface area contributed by atoms with Gasteiger partial charge in [-0.2, -0.15) is 0 Å². The first kappa shape index (κ1) is 12.3.